The van der Waals surface area contributed by atoms with Crippen LogP contribution in [0.5, 0.6) is 5.75 Å². The van der Waals surface area contributed by atoms with Crippen molar-refractivity contribution in [3.8, 4) is 5.75 Å². The van der Waals surface area contributed by atoms with Gasteiger partial charge in [-0.25, -0.2) is 5.43 Å². The lowest BCUT2D eigenvalue weighted by atomic mass is 10.1. The molecule has 1 amide bonds. The molecule has 21 heavy (non-hydrogen) atoms. The van der Waals surface area contributed by atoms with Crippen LogP contribution in [0.4, 0.5) is 0 Å². The van der Waals surface area contributed by atoms with Crippen LogP contribution in [0.2, 0.25) is 0 Å². The van der Waals surface area contributed by atoms with Gasteiger partial charge in [-0.1, -0.05) is 27.6 Å². The largest absolute Gasteiger partial charge is 0.507 e. The number of phenolic OH excluding ortho intramolecular Hbond substituents is 1. The molecule has 4 nitrogen and oxygen atoms in total. The van der Waals surface area contributed by atoms with E-state index in [-0.39, 0.29) is 11.7 Å². The molecular formula is C15H12Br2N2O2. The zero-order valence-electron chi connectivity index (χ0n) is 11.1. The number of rotatable bonds is 3. The number of halogens is 2. The van der Waals surface area contributed by atoms with Crippen LogP contribution in [0.3, 0.4) is 0 Å². The summed E-state index contributed by atoms with van der Waals surface area (Å²) in [5.41, 5.74) is 4.44. The van der Waals surface area contributed by atoms with Gasteiger partial charge >= 0.3 is 0 Å². The Morgan fingerprint density at radius 1 is 1.24 bits per heavy atom. The SMILES string of the molecule is Cc1ccc(O)c(/C=N/NC(=O)c2cc(Br)ccc2Br)c1. The Kier molecular flexibility index (Phi) is 5.14. The fourth-order valence-corrected chi connectivity index (χ4v) is 2.46. The van der Waals surface area contributed by atoms with Crippen molar-refractivity contribution in [1.29, 1.82) is 0 Å². The Hall–Kier alpha value is -1.66. The number of carbonyl (C=O) groups is 1. The number of amides is 1. The molecule has 0 saturated carbocycles. The van der Waals surface area contributed by atoms with E-state index in [0.29, 0.717) is 15.6 Å². The molecule has 0 aliphatic heterocycles. The normalized spacial score (nSPS) is 10.8. The van der Waals surface area contributed by atoms with Crippen LogP contribution < -0.4 is 5.43 Å². The Balaban J connectivity index is 2.12. The average Bonchev–Trinajstić information content (AvgIpc) is 2.45. The van der Waals surface area contributed by atoms with Crippen molar-refractivity contribution in [1.82, 2.24) is 5.43 Å². The van der Waals surface area contributed by atoms with Crippen LogP contribution in [0.1, 0.15) is 21.5 Å². The van der Waals surface area contributed by atoms with Gasteiger partial charge in [-0.3, -0.25) is 4.79 Å². The topological polar surface area (TPSA) is 61.7 Å². The van der Waals surface area contributed by atoms with E-state index in [1.54, 1.807) is 30.3 Å². The Labute approximate surface area is 139 Å². The van der Waals surface area contributed by atoms with E-state index >= 15 is 0 Å². The van der Waals surface area contributed by atoms with Crippen molar-refractivity contribution in [2.24, 2.45) is 5.10 Å². The van der Waals surface area contributed by atoms with Gasteiger partial charge in [-0.2, -0.15) is 5.10 Å². The van der Waals surface area contributed by atoms with Crippen molar-refractivity contribution >= 4 is 44.0 Å². The summed E-state index contributed by atoms with van der Waals surface area (Å²) in [6, 6.07) is 10.5. The summed E-state index contributed by atoms with van der Waals surface area (Å²) in [4.78, 5) is 12.0. The Morgan fingerprint density at radius 3 is 2.76 bits per heavy atom. The standard InChI is InChI=1S/C15H12Br2N2O2/c1-9-2-5-14(20)10(6-9)8-18-19-15(21)12-7-11(16)3-4-13(12)17/h2-8,20H,1H3,(H,19,21)/b18-8+. The molecule has 0 aliphatic rings. The molecule has 6 heteroatoms. The number of nitrogens with one attached hydrogen (secondary N) is 1. The highest BCUT2D eigenvalue weighted by Crippen LogP contribution is 2.21. The third-order valence-electron chi connectivity index (χ3n) is 2.73. The summed E-state index contributed by atoms with van der Waals surface area (Å²) in [6.45, 7) is 1.91. The highest BCUT2D eigenvalue weighted by Gasteiger charge is 2.09. The molecule has 0 atom stereocenters. The van der Waals surface area contributed by atoms with E-state index in [4.69, 9.17) is 0 Å². The Morgan fingerprint density at radius 2 is 2.00 bits per heavy atom. The molecule has 0 aliphatic carbocycles. The minimum Gasteiger partial charge on any atom is -0.507 e. The first kappa shape index (κ1) is 15.7. The lowest BCUT2D eigenvalue weighted by molar-refractivity contribution is 0.0954. The van der Waals surface area contributed by atoms with Gasteiger partial charge in [-0.15, -0.1) is 0 Å². The number of hydrogen-bond acceptors (Lipinski definition) is 3. The molecule has 0 saturated heterocycles. The molecule has 2 aromatic rings. The lowest BCUT2D eigenvalue weighted by Gasteiger charge is -2.04. The van der Waals surface area contributed by atoms with Crippen molar-refractivity contribution in [2.75, 3.05) is 0 Å². The number of aromatic hydroxyl groups is 1. The molecule has 0 bridgehead atoms. The maximum absolute atomic E-state index is 12.0. The molecule has 0 unspecified atom stereocenters. The summed E-state index contributed by atoms with van der Waals surface area (Å²) < 4.78 is 1.48. The van der Waals surface area contributed by atoms with Crippen molar-refractivity contribution in [2.45, 2.75) is 6.92 Å². The van der Waals surface area contributed by atoms with E-state index < -0.39 is 0 Å². The van der Waals surface area contributed by atoms with Gasteiger partial charge in [0, 0.05) is 14.5 Å². The van der Waals surface area contributed by atoms with Gasteiger partial charge in [0.2, 0.25) is 0 Å². The molecule has 0 heterocycles. The second kappa shape index (κ2) is 6.87. The van der Waals surface area contributed by atoms with Crippen LogP contribution in [-0.2, 0) is 0 Å². The first-order chi connectivity index (χ1) is 9.97. The van der Waals surface area contributed by atoms with Crippen LogP contribution in [0, 0.1) is 6.92 Å². The summed E-state index contributed by atoms with van der Waals surface area (Å²) in [5.74, 6) is -0.228. The maximum atomic E-state index is 12.0. The number of nitrogens with zero attached hydrogens (tertiary/aromatic N) is 1. The molecule has 2 rings (SSSR count). The summed E-state index contributed by atoms with van der Waals surface area (Å²) in [6.07, 6.45) is 1.41. The lowest BCUT2D eigenvalue weighted by Crippen LogP contribution is -2.18. The molecule has 2 aromatic carbocycles. The van der Waals surface area contributed by atoms with Crippen molar-refractivity contribution in [3.63, 3.8) is 0 Å². The van der Waals surface area contributed by atoms with E-state index in [1.165, 1.54) is 6.21 Å². The number of aryl methyl sites for hydroxylation is 1. The smallest absolute Gasteiger partial charge is 0.272 e. The number of carbonyl (C=O) groups excluding carboxylic acids is 1. The minimum absolute atomic E-state index is 0.113. The van der Waals surface area contributed by atoms with Gasteiger partial charge in [-0.05, 0) is 53.2 Å². The number of hydrogen-bond donors (Lipinski definition) is 2. The van der Waals surface area contributed by atoms with Crippen molar-refractivity contribution in [3.05, 3.63) is 62.0 Å². The number of benzene rings is 2. The molecule has 2 N–H and O–H groups in total. The minimum atomic E-state index is -0.341. The van der Waals surface area contributed by atoms with Crippen LogP contribution in [0.25, 0.3) is 0 Å². The maximum Gasteiger partial charge on any atom is 0.272 e. The van der Waals surface area contributed by atoms with E-state index in [1.807, 2.05) is 13.0 Å². The second-order valence-electron chi connectivity index (χ2n) is 4.39. The molecular weight excluding hydrogens is 400 g/mol. The number of phenols is 1. The van der Waals surface area contributed by atoms with E-state index in [2.05, 4.69) is 42.4 Å². The van der Waals surface area contributed by atoms with Gasteiger partial charge in [0.25, 0.3) is 5.91 Å². The average molecular weight is 412 g/mol. The predicted octanol–water partition coefficient (Wildman–Crippen LogP) is 3.99. The molecule has 0 fully saturated rings. The molecule has 0 aromatic heterocycles. The van der Waals surface area contributed by atoms with E-state index in [0.717, 1.165) is 10.0 Å². The first-order valence-electron chi connectivity index (χ1n) is 6.05. The quantitative estimate of drug-likeness (QED) is 0.592. The van der Waals surface area contributed by atoms with Gasteiger partial charge in [0.05, 0.1) is 11.8 Å². The molecule has 108 valence electrons. The highest BCUT2D eigenvalue weighted by atomic mass is 79.9. The fourth-order valence-electron chi connectivity index (χ4n) is 1.67. The Bertz CT molecular complexity index is 715. The predicted molar refractivity (Wildman–Crippen MR) is 89.7 cm³/mol. The second-order valence-corrected chi connectivity index (χ2v) is 6.16. The van der Waals surface area contributed by atoms with Gasteiger partial charge in [0.1, 0.15) is 5.75 Å². The monoisotopic (exact) mass is 410 g/mol. The first-order valence-corrected chi connectivity index (χ1v) is 7.64. The summed E-state index contributed by atoms with van der Waals surface area (Å²) in [5, 5.41) is 13.6. The molecule has 0 spiro atoms. The van der Waals surface area contributed by atoms with E-state index in [9.17, 15) is 9.90 Å². The zero-order chi connectivity index (χ0) is 15.4. The van der Waals surface area contributed by atoms with Crippen molar-refractivity contribution < 1.29 is 9.90 Å². The zero-order valence-corrected chi connectivity index (χ0v) is 14.3. The third kappa shape index (κ3) is 4.15. The van der Waals surface area contributed by atoms with Gasteiger partial charge in [0.15, 0.2) is 0 Å². The molecule has 0 radical (unpaired) electrons. The van der Waals surface area contributed by atoms with Crippen LogP contribution in [0.15, 0.2) is 50.4 Å². The third-order valence-corrected chi connectivity index (χ3v) is 3.91. The van der Waals surface area contributed by atoms with Gasteiger partial charge < -0.3 is 5.11 Å². The van der Waals surface area contributed by atoms with Crippen LogP contribution >= 0.6 is 31.9 Å². The summed E-state index contributed by atoms with van der Waals surface area (Å²) >= 11 is 6.63. The number of hydrazone groups is 1. The fraction of sp³-hybridized carbons (Fsp3) is 0.0667. The summed E-state index contributed by atoms with van der Waals surface area (Å²) in [7, 11) is 0. The van der Waals surface area contributed by atoms with Crippen LogP contribution in [-0.4, -0.2) is 17.2 Å². The highest BCUT2D eigenvalue weighted by molar-refractivity contribution is 9.11.